The summed E-state index contributed by atoms with van der Waals surface area (Å²) in [7, 11) is 4.29. The Morgan fingerprint density at radius 1 is 1.38 bits per heavy atom. The van der Waals surface area contributed by atoms with E-state index in [1.807, 2.05) is 0 Å². The molecule has 0 saturated carbocycles. The van der Waals surface area contributed by atoms with Crippen LogP contribution in [0.5, 0.6) is 0 Å². The molecule has 0 aromatic carbocycles. The highest BCUT2D eigenvalue weighted by molar-refractivity contribution is 4.91. The quantitative estimate of drug-likeness (QED) is 0.572. The van der Waals surface area contributed by atoms with Gasteiger partial charge in [-0.3, -0.25) is 0 Å². The minimum absolute atomic E-state index is 0.775. The molecule has 0 radical (unpaired) electrons. The largest absolute Gasteiger partial charge is 0.309 e. The Morgan fingerprint density at radius 3 is 2.23 bits per heavy atom. The zero-order valence-electron chi connectivity index (χ0n) is 9.93. The van der Waals surface area contributed by atoms with Crippen LogP contribution < -0.4 is 0 Å². The van der Waals surface area contributed by atoms with E-state index in [2.05, 4.69) is 46.3 Å². The molecular weight excluding hydrogens is 158 g/mol. The average Bonchev–Trinajstić information content (AvgIpc) is 1.98. The van der Waals surface area contributed by atoms with Gasteiger partial charge < -0.3 is 4.90 Å². The van der Waals surface area contributed by atoms with Gasteiger partial charge in [-0.05, 0) is 39.3 Å². The Labute approximate surface area is 83.8 Å². The summed E-state index contributed by atoms with van der Waals surface area (Å²) in [6, 6.07) is 0. The zero-order chi connectivity index (χ0) is 10.4. The van der Waals surface area contributed by atoms with Gasteiger partial charge in [-0.2, -0.15) is 0 Å². The highest BCUT2D eigenvalue weighted by Crippen LogP contribution is 2.23. The molecule has 0 heterocycles. The molecule has 78 valence electrons. The molecule has 0 rings (SSSR count). The summed E-state index contributed by atoms with van der Waals surface area (Å²) in [6.07, 6.45) is 2.45. The Bertz CT molecular complexity index is 149. The van der Waals surface area contributed by atoms with Gasteiger partial charge in [0.25, 0.3) is 0 Å². The van der Waals surface area contributed by atoms with Gasteiger partial charge >= 0.3 is 0 Å². The summed E-state index contributed by atoms with van der Waals surface area (Å²) in [5, 5.41) is 0. The summed E-state index contributed by atoms with van der Waals surface area (Å²) >= 11 is 0. The van der Waals surface area contributed by atoms with Gasteiger partial charge in [0.1, 0.15) is 0 Å². The molecule has 13 heavy (non-hydrogen) atoms. The van der Waals surface area contributed by atoms with Crippen molar-refractivity contribution in [1.29, 1.82) is 0 Å². The van der Waals surface area contributed by atoms with Crippen molar-refractivity contribution in [1.82, 2.24) is 4.90 Å². The van der Waals surface area contributed by atoms with E-state index in [4.69, 9.17) is 0 Å². The van der Waals surface area contributed by atoms with E-state index < -0.39 is 0 Å². The van der Waals surface area contributed by atoms with Gasteiger partial charge in [0.05, 0.1) is 0 Å². The molecule has 0 aliphatic heterocycles. The van der Waals surface area contributed by atoms with Crippen molar-refractivity contribution in [3.05, 3.63) is 12.2 Å². The Balaban J connectivity index is 3.98. The lowest BCUT2D eigenvalue weighted by atomic mass is 9.86. The van der Waals surface area contributed by atoms with Crippen LogP contribution in [0.15, 0.2) is 12.2 Å². The first-order valence-corrected chi connectivity index (χ1v) is 5.26. The number of hydrogen-bond donors (Lipinski definition) is 0. The molecule has 0 amide bonds. The van der Waals surface area contributed by atoms with Gasteiger partial charge in [-0.15, -0.1) is 6.58 Å². The van der Waals surface area contributed by atoms with E-state index in [0.717, 1.165) is 11.8 Å². The van der Waals surface area contributed by atoms with Gasteiger partial charge in [0, 0.05) is 6.54 Å². The number of hydrogen-bond acceptors (Lipinski definition) is 1. The van der Waals surface area contributed by atoms with Crippen LogP contribution in [0.4, 0.5) is 0 Å². The summed E-state index contributed by atoms with van der Waals surface area (Å²) in [5.41, 5.74) is 1.32. The SMILES string of the molecule is C=C(C)CC(CC)C(C)CN(C)C. The molecule has 0 fully saturated rings. The Morgan fingerprint density at radius 2 is 1.92 bits per heavy atom. The van der Waals surface area contributed by atoms with Crippen molar-refractivity contribution >= 4 is 0 Å². The van der Waals surface area contributed by atoms with Gasteiger partial charge in [0.15, 0.2) is 0 Å². The van der Waals surface area contributed by atoms with Crippen molar-refractivity contribution in [3.8, 4) is 0 Å². The van der Waals surface area contributed by atoms with Crippen LogP contribution in [0, 0.1) is 11.8 Å². The van der Waals surface area contributed by atoms with E-state index in [-0.39, 0.29) is 0 Å². The maximum atomic E-state index is 3.99. The molecular formula is C12H25N. The third-order valence-electron chi connectivity index (χ3n) is 2.59. The summed E-state index contributed by atoms with van der Waals surface area (Å²) in [4.78, 5) is 2.27. The maximum Gasteiger partial charge on any atom is 0.000368 e. The van der Waals surface area contributed by atoms with Crippen molar-refractivity contribution in [2.24, 2.45) is 11.8 Å². The second-order valence-electron chi connectivity index (χ2n) is 4.57. The van der Waals surface area contributed by atoms with Crippen LogP contribution >= 0.6 is 0 Å². The molecule has 0 N–H and O–H groups in total. The summed E-state index contributed by atoms with van der Waals surface area (Å²) < 4.78 is 0. The van der Waals surface area contributed by atoms with E-state index in [1.165, 1.54) is 25.0 Å². The first kappa shape index (κ1) is 12.7. The van der Waals surface area contributed by atoms with Crippen LogP contribution in [0.25, 0.3) is 0 Å². The first-order chi connectivity index (χ1) is 5.97. The van der Waals surface area contributed by atoms with Crippen LogP contribution in [0.3, 0.4) is 0 Å². The van der Waals surface area contributed by atoms with E-state index in [9.17, 15) is 0 Å². The monoisotopic (exact) mass is 183 g/mol. The zero-order valence-corrected chi connectivity index (χ0v) is 9.93. The molecule has 0 aromatic rings. The molecule has 0 aliphatic carbocycles. The van der Waals surface area contributed by atoms with Crippen LogP contribution in [-0.4, -0.2) is 25.5 Å². The molecule has 0 saturated heterocycles. The Hall–Kier alpha value is -0.300. The third-order valence-corrected chi connectivity index (χ3v) is 2.59. The normalized spacial score (nSPS) is 15.8. The topological polar surface area (TPSA) is 3.24 Å². The predicted molar refractivity (Wildman–Crippen MR) is 60.9 cm³/mol. The fourth-order valence-corrected chi connectivity index (χ4v) is 1.92. The number of rotatable bonds is 6. The number of allylic oxidation sites excluding steroid dienone is 1. The molecule has 2 unspecified atom stereocenters. The molecule has 1 heteroatoms. The standard InChI is InChI=1S/C12H25N/c1-7-12(8-10(2)3)11(4)9-13(5)6/h11-12H,2,7-9H2,1,3-6H3. The smallest absolute Gasteiger partial charge is 0.000368 e. The second kappa shape index (κ2) is 6.20. The van der Waals surface area contributed by atoms with Crippen LogP contribution in [-0.2, 0) is 0 Å². The summed E-state index contributed by atoms with van der Waals surface area (Å²) in [6.45, 7) is 11.9. The van der Waals surface area contributed by atoms with Gasteiger partial charge in [-0.25, -0.2) is 0 Å². The van der Waals surface area contributed by atoms with Gasteiger partial charge in [0.2, 0.25) is 0 Å². The fraction of sp³-hybridized carbons (Fsp3) is 0.833. The highest BCUT2D eigenvalue weighted by atomic mass is 15.1. The Kier molecular flexibility index (Phi) is 6.06. The molecule has 0 aliphatic rings. The molecule has 2 atom stereocenters. The van der Waals surface area contributed by atoms with Crippen molar-refractivity contribution < 1.29 is 0 Å². The second-order valence-corrected chi connectivity index (χ2v) is 4.57. The van der Waals surface area contributed by atoms with E-state index in [0.29, 0.717) is 0 Å². The summed E-state index contributed by atoms with van der Waals surface area (Å²) in [5.74, 6) is 1.58. The molecule has 0 aromatic heterocycles. The molecule has 1 nitrogen and oxygen atoms in total. The van der Waals surface area contributed by atoms with Crippen molar-refractivity contribution in [2.45, 2.75) is 33.6 Å². The van der Waals surface area contributed by atoms with Crippen LogP contribution in [0.1, 0.15) is 33.6 Å². The average molecular weight is 183 g/mol. The lowest BCUT2D eigenvalue weighted by molar-refractivity contribution is 0.255. The lowest BCUT2D eigenvalue weighted by Crippen LogP contribution is -2.25. The van der Waals surface area contributed by atoms with Crippen LogP contribution in [0.2, 0.25) is 0 Å². The van der Waals surface area contributed by atoms with Crippen molar-refractivity contribution in [3.63, 3.8) is 0 Å². The minimum atomic E-state index is 0.775. The highest BCUT2D eigenvalue weighted by Gasteiger charge is 2.15. The number of nitrogens with zero attached hydrogens (tertiary/aromatic N) is 1. The maximum absolute atomic E-state index is 3.99. The third kappa shape index (κ3) is 5.87. The fourth-order valence-electron chi connectivity index (χ4n) is 1.92. The molecule has 0 spiro atoms. The predicted octanol–water partition coefficient (Wildman–Crippen LogP) is 3.18. The molecule has 0 bridgehead atoms. The van der Waals surface area contributed by atoms with E-state index in [1.54, 1.807) is 0 Å². The van der Waals surface area contributed by atoms with Gasteiger partial charge in [-0.1, -0.05) is 25.8 Å². The lowest BCUT2D eigenvalue weighted by Gasteiger charge is -2.25. The first-order valence-electron chi connectivity index (χ1n) is 5.26. The minimum Gasteiger partial charge on any atom is -0.309 e. The van der Waals surface area contributed by atoms with Crippen molar-refractivity contribution in [2.75, 3.05) is 20.6 Å². The van der Waals surface area contributed by atoms with E-state index >= 15 is 0 Å².